The van der Waals surface area contributed by atoms with Crippen LogP contribution in [0.1, 0.15) is 46.0 Å². The summed E-state index contributed by atoms with van der Waals surface area (Å²) < 4.78 is 0. The monoisotopic (exact) mass is 295 g/mol. The van der Waals surface area contributed by atoms with Crippen LogP contribution in [0.4, 0.5) is 0 Å². The summed E-state index contributed by atoms with van der Waals surface area (Å²) in [6.07, 6.45) is 0. The van der Waals surface area contributed by atoms with E-state index in [0.29, 0.717) is 17.8 Å². The molecule has 0 aromatic carbocycles. The van der Waals surface area contributed by atoms with Gasteiger partial charge in [-0.2, -0.15) is 0 Å². The molecule has 0 saturated carbocycles. The number of hydrogen-bond donors (Lipinski definition) is 3. The first kappa shape index (κ1) is 16.7. The van der Waals surface area contributed by atoms with E-state index in [1.165, 1.54) is 4.90 Å². The van der Waals surface area contributed by atoms with Gasteiger partial charge in [-0.05, 0) is 33.3 Å². The Balaban J connectivity index is 2.95. The molecule has 0 saturated heterocycles. The summed E-state index contributed by atoms with van der Waals surface area (Å²) in [5, 5.41) is 11.6. The number of carboxylic acid groups (broad SMARTS) is 1. The van der Waals surface area contributed by atoms with E-state index < -0.39 is 17.9 Å². The normalized spacial score (nSPS) is 11.9. The van der Waals surface area contributed by atoms with Crippen molar-refractivity contribution in [2.24, 2.45) is 0 Å². The lowest BCUT2D eigenvalue weighted by Crippen LogP contribution is -2.45. The van der Waals surface area contributed by atoms with Crippen molar-refractivity contribution in [1.29, 1.82) is 0 Å². The summed E-state index contributed by atoms with van der Waals surface area (Å²) in [6.45, 7) is 7.17. The zero-order chi connectivity index (χ0) is 16.3. The SMILES string of the molecule is CCN(C)C(=O)C(C)NC(=O)c1c(C)[nH]c(C(=O)O)c1C. The molecule has 21 heavy (non-hydrogen) atoms. The molecule has 7 heteroatoms. The van der Waals surface area contributed by atoms with Gasteiger partial charge in [0, 0.05) is 19.3 Å². The molecule has 0 radical (unpaired) electrons. The fraction of sp³-hybridized carbons (Fsp3) is 0.500. The third-order valence-electron chi connectivity index (χ3n) is 3.45. The highest BCUT2D eigenvalue weighted by molar-refractivity contribution is 6.02. The van der Waals surface area contributed by atoms with Gasteiger partial charge in [-0.1, -0.05) is 0 Å². The lowest BCUT2D eigenvalue weighted by Gasteiger charge is -2.20. The number of aromatic carboxylic acids is 1. The van der Waals surface area contributed by atoms with Gasteiger partial charge in [0.15, 0.2) is 0 Å². The van der Waals surface area contributed by atoms with E-state index in [2.05, 4.69) is 10.3 Å². The first-order valence-corrected chi connectivity index (χ1v) is 6.68. The van der Waals surface area contributed by atoms with Crippen LogP contribution in [-0.2, 0) is 4.79 Å². The molecule has 1 aromatic rings. The van der Waals surface area contributed by atoms with Crippen molar-refractivity contribution in [3.63, 3.8) is 0 Å². The number of amides is 2. The Labute approximate surface area is 123 Å². The predicted octanol–water partition coefficient (Wildman–Crippen LogP) is 0.926. The highest BCUT2D eigenvalue weighted by Crippen LogP contribution is 2.18. The van der Waals surface area contributed by atoms with Crippen LogP contribution < -0.4 is 5.32 Å². The second-order valence-corrected chi connectivity index (χ2v) is 4.98. The molecule has 1 aromatic heterocycles. The van der Waals surface area contributed by atoms with E-state index in [9.17, 15) is 14.4 Å². The van der Waals surface area contributed by atoms with Gasteiger partial charge in [0.1, 0.15) is 11.7 Å². The lowest BCUT2D eigenvalue weighted by atomic mass is 10.1. The van der Waals surface area contributed by atoms with Crippen molar-refractivity contribution in [1.82, 2.24) is 15.2 Å². The average molecular weight is 295 g/mol. The van der Waals surface area contributed by atoms with Crippen molar-refractivity contribution in [3.05, 3.63) is 22.5 Å². The number of likely N-dealkylation sites (N-methyl/N-ethyl adjacent to an activating group) is 1. The Bertz CT molecular complexity index is 577. The van der Waals surface area contributed by atoms with Crippen LogP contribution in [0.15, 0.2) is 0 Å². The average Bonchev–Trinajstić information content (AvgIpc) is 2.72. The molecule has 0 aliphatic carbocycles. The molecule has 1 atom stereocenters. The Hall–Kier alpha value is -2.31. The minimum absolute atomic E-state index is 0.0118. The quantitative estimate of drug-likeness (QED) is 0.751. The summed E-state index contributed by atoms with van der Waals surface area (Å²) in [7, 11) is 1.65. The van der Waals surface area contributed by atoms with Gasteiger partial charge in [-0.15, -0.1) is 0 Å². The van der Waals surface area contributed by atoms with Gasteiger partial charge < -0.3 is 20.3 Å². The van der Waals surface area contributed by atoms with Gasteiger partial charge in [0.2, 0.25) is 5.91 Å². The fourth-order valence-corrected chi connectivity index (χ4v) is 2.12. The Morgan fingerprint density at radius 3 is 2.33 bits per heavy atom. The number of aromatic nitrogens is 1. The maximum absolute atomic E-state index is 12.3. The van der Waals surface area contributed by atoms with Crippen LogP contribution in [0.3, 0.4) is 0 Å². The van der Waals surface area contributed by atoms with E-state index in [1.54, 1.807) is 27.8 Å². The van der Waals surface area contributed by atoms with Crippen molar-refractivity contribution >= 4 is 17.8 Å². The van der Waals surface area contributed by atoms with Crippen LogP contribution in [0, 0.1) is 13.8 Å². The second kappa shape index (κ2) is 6.43. The van der Waals surface area contributed by atoms with Crippen LogP contribution in [0.5, 0.6) is 0 Å². The van der Waals surface area contributed by atoms with Crippen molar-refractivity contribution in [2.75, 3.05) is 13.6 Å². The number of nitrogens with one attached hydrogen (secondary N) is 2. The van der Waals surface area contributed by atoms with E-state index >= 15 is 0 Å². The molecule has 3 N–H and O–H groups in total. The third-order valence-corrected chi connectivity index (χ3v) is 3.45. The highest BCUT2D eigenvalue weighted by Gasteiger charge is 2.25. The molecule has 7 nitrogen and oxygen atoms in total. The molecule has 116 valence electrons. The molecule has 0 aliphatic heterocycles. The number of carboxylic acids is 1. The van der Waals surface area contributed by atoms with Crippen LogP contribution in [-0.4, -0.2) is 52.4 Å². The van der Waals surface area contributed by atoms with Crippen molar-refractivity contribution in [3.8, 4) is 0 Å². The molecule has 1 heterocycles. The number of rotatable bonds is 5. The maximum atomic E-state index is 12.3. The van der Waals surface area contributed by atoms with Gasteiger partial charge in [0.05, 0.1) is 5.56 Å². The second-order valence-electron chi connectivity index (χ2n) is 4.98. The number of aryl methyl sites for hydroxylation is 1. The first-order valence-electron chi connectivity index (χ1n) is 6.68. The minimum Gasteiger partial charge on any atom is -0.477 e. The minimum atomic E-state index is -1.12. The summed E-state index contributed by atoms with van der Waals surface area (Å²) in [6, 6.07) is -0.676. The van der Waals surface area contributed by atoms with E-state index in [0.717, 1.165) is 0 Å². The fourth-order valence-electron chi connectivity index (χ4n) is 2.12. The van der Waals surface area contributed by atoms with Gasteiger partial charge in [-0.3, -0.25) is 9.59 Å². The van der Waals surface area contributed by atoms with Crippen LogP contribution >= 0.6 is 0 Å². The number of carbonyl (C=O) groups is 3. The maximum Gasteiger partial charge on any atom is 0.352 e. The molecule has 2 amide bonds. The van der Waals surface area contributed by atoms with Crippen molar-refractivity contribution in [2.45, 2.75) is 33.7 Å². The summed E-state index contributed by atoms with van der Waals surface area (Å²) in [4.78, 5) is 39.4. The number of nitrogens with zero attached hydrogens (tertiary/aromatic N) is 1. The van der Waals surface area contributed by atoms with Crippen LogP contribution in [0.25, 0.3) is 0 Å². The number of H-pyrrole nitrogens is 1. The molecule has 0 fully saturated rings. The Morgan fingerprint density at radius 2 is 1.90 bits per heavy atom. The highest BCUT2D eigenvalue weighted by atomic mass is 16.4. The third kappa shape index (κ3) is 3.42. The van der Waals surface area contributed by atoms with Crippen LogP contribution in [0.2, 0.25) is 0 Å². The number of carbonyl (C=O) groups excluding carboxylic acids is 2. The smallest absolute Gasteiger partial charge is 0.352 e. The molecule has 1 unspecified atom stereocenters. The molecule has 0 bridgehead atoms. The molecule has 1 rings (SSSR count). The Kier molecular flexibility index (Phi) is 5.12. The molecule has 0 aliphatic rings. The Morgan fingerprint density at radius 1 is 1.33 bits per heavy atom. The molecule has 0 spiro atoms. The predicted molar refractivity (Wildman–Crippen MR) is 77.5 cm³/mol. The van der Waals surface area contributed by atoms with E-state index in [1.807, 2.05) is 6.92 Å². The summed E-state index contributed by atoms with van der Waals surface area (Å²) in [5.74, 6) is -1.78. The van der Waals surface area contributed by atoms with E-state index in [-0.39, 0.29) is 17.2 Å². The summed E-state index contributed by atoms with van der Waals surface area (Å²) in [5.41, 5.74) is 1.08. The lowest BCUT2D eigenvalue weighted by molar-refractivity contribution is -0.131. The standard InChI is InChI=1S/C14H21N3O4/c1-6-17(5)13(19)9(4)16-12(18)10-7(2)11(14(20)21)15-8(10)3/h9,15H,6H2,1-5H3,(H,16,18)(H,20,21). The number of aromatic amines is 1. The van der Waals surface area contributed by atoms with E-state index in [4.69, 9.17) is 5.11 Å². The molecular weight excluding hydrogens is 274 g/mol. The van der Waals surface area contributed by atoms with Gasteiger partial charge in [-0.25, -0.2) is 4.79 Å². The van der Waals surface area contributed by atoms with Gasteiger partial charge in [0.25, 0.3) is 5.91 Å². The molecular formula is C14H21N3O4. The topological polar surface area (TPSA) is 103 Å². The largest absolute Gasteiger partial charge is 0.477 e. The van der Waals surface area contributed by atoms with Gasteiger partial charge >= 0.3 is 5.97 Å². The zero-order valence-corrected chi connectivity index (χ0v) is 12.9. The summed E-state index contributed by atoms with van der Waals surface area (Å²) >= 11 is 0. The zero-order valence-electron chi connectivity index (χ0n) is 12.9. The number of hydrogen-bond acceptors (Lipinski definition) is 3. The first-order chi connectivity index (χ1) is 9.70. The van der Waals surface area contributed by atoms with Crippen molar-refractivity contribution < 1.29 is 19.5 Å².